The van der Waals surface area contributed by atoms with Gasteiger partial charge in [-0.25, -0.2) is 12.8 Å². The summed E-state index contributed by atoms with van der Waals surface area (Å²) in [5.41, 5.74) is -0.862. The minimum atomic E-state index is -4.51. The molecule has 0 aliphatic rings. The van der Waals surface area contributed by atoms with E-state index >= 15 is 0 Å². The highest BCUT2D eigenvalue weighted by Crippen LogP contribution is 2.29. The number of halogens is 4. The molecule has 1 N–H and O–H groups in total. The van der Waals surface area contributed by atoms with Crippen LogP contribution in [0.5, 0.6) is 0 Å². The summed E-state index contributed by atoms with van der Waals surface area (Å²) >= 11 is 0. The molecule has 2 aromatic carbocycles. The largest absolute Gasteiger partial charge is 0.416 e. The van der Waals surface area contributed by atoms with Crippen LogP contribution in [0.25, 0.3) is 0 Å². The molecule has 0 atom stereocenters. The van der Waals surface area contributed by atoms with Crippen molar-refractivity contribution in [3.05, 3.63) is 59.9 Å². The summed E-state index contributed by atoms with van der Waals surface area (Å²) in [5, 5.41) is 2.30. The van der Waals surface area contributed by atoms with Gasteiger partial charge in [-0.2, -0.15) is 13.2 Å². The SMILES string of the molecule is CS(=O)(=O)N(CC(=O)Nc1ccc(C(F)(F)F)cc1)c1cccc(F)c1. The summed E-state index contributed by atoms with van der Waals surface area (Å²) in [6.07, 6.45) is -3.66. The monoisotopic (exact) mass is 390 g/mol. The summed E-state index contributed by atoms with van der Waals surface area (Å²) in [6.45, 7) is -0.663. The zero-order valence-corrected chi connectivity index (χ0v) is 14.2. The number of rotatable bonds is 5. The van der Waals surface area contributed by atoms with Crippen molar-refractivity contribution in [2.45, 2.75) is 6.18 Å². The zero-order chi connectivity index (χ0) is 19.5. The van der Waals surface area contributed by atoms with E-state index in [2.05, 4.69) is 5.32 Å². The standard InChI is InChI=1S/C16H14F4N2O3S/c1-26(24,25)22(14-4-2-3-12(17)9-14)10-15(23)21-13-7-5-11(6-8-13)16(18,19)20/h2-9H,10H2,1H3,(H,21,23). The highest BCUT2D eigenvalue weighted by atomic mass is 32.2. The number of nitrogens with zero attached hydrogens (tertiary/aromatic N) is 1. The molecule has 2 rings (SSSR count). The summed E-state index contributed by atoms with van der Waals surface area (Å²) in [4.78, 5) is 12.1. The number of carbonyl (C=O) groups excluding carboxylic acids is 1. The van der Waals surface area contributed by atoms with Crippen LogP contribution in [0.1, 0.15) is 5.56 Å². The van der Waals surface area contributed by atoms with Crippen molar-refractivity contribution in [2.24, 2.45) is 0 Å². The minimum absolute atomic E-state index is 0.0462. The molecule has 0 unspecified atom stereocenters. The van der Waals surface area contributed by atoms with E-state index in [4.69, 9.17) is 0 Å². The number of anilines is 2. The van der Waals surface area contributed by atoms with Crippen LogP contribution in [0.2, 0.25) is 0 Å². The fraction of sp³-hybridized carbons (Fsp3) is 0.188. The number of hydrogen-bond acceptors (Lipinski definition) is 3. The van der Waals surface area contributed by atoms with Crippen LogP contribution in [0, 0.1) is 5.82 Å². The van der Waals surface area contributed by atoms with Crippen LogP contribution in [0.15, 0.2) is 48.5 Å². The van der Waals surface area contributed by atoms with E-state index in [-0.39, 0.29) is 11.4 Å². The molecule has 0 saturated carbocycles. The third kappa shape index (κ3) is 5.19. The first-order chi connectivity index (χ1) is 12.0. The Morgan fingerprint density at radius 1 is 1.12 bits per heavy atom. The van der Waals surface area contributed by atoms with Gasteiger partial charge in [-0.15, -0.1) is 0 Å². The van der Waals surface area contributed by atoms with Gasteiger partial charge in [0.2, 0.25) is 15.9 Å². The van der Waals surface area contributed by atoms with Gasteiger partial charge in [-0.1, -0.05) is 6.07 Å². The number of sulfonamides is 1. The Kier molecular flexibility index (Phi) is 5.55. The molecule has 0 bridgehead atoms. The Balaban J connectivity index is 2.15. The zero-order valence-electron chi connectivity index (χ0n) is 13.4. The van der Waals surface area contributed by atoms with Crippen molar-refractivity contribution < 1.29 is 30.8 Å². The maximum atomic E-state index is 13.3. The van der Waals surface area contributed by atoms with Crippen LogP contribution in [0.4, 0.5) is 28.9 Å². The van der Waals surface area contributed by atoms with Gasteiger partial charge >= 0.3 is 6.18 Å². The molecule has 5 nitrogen and oxygen atoms in total. The molecule has 0 saturated heterocycles. The van der Waals surface area contributed by atoms with E-state index in [9.17, 15) is 30.8 Å². The maximum absolute atomic E-state index is 13.3. The predicted octanol–water partition coefficient (Wildman–Crippen LogP) is 3.25. The smallest absolute Gasteiger partial charge is 0.325 e. The molecule has 10 heteroatoms. The second-order valence-electron chi connectivity index (χ2n) is 5.37. The first kappa shape index (κ1) is 19.7. The van der Waals surface area contributed by atoms with Gasteiger partial charge in [-0.05, 0) is 42.5 Å². The summed E-state index contributed by atoms with van der Waals surface area (Å²) in [7, 11) is -3.89. The second-order valence-corrected chi connectivity index (χ2v) is 7.28. The Labute approximate surface area is 147 Å². The summed E-state index contributed by atoms with van der Waals surface area (Å²) in [5.74, 6) is -1.47. The Morgan fingerprint density at radius 2 is 1.73 bits per heavy atom. The van der Waals surface area contributed by atoms with E-state index in [1.807, 2.05) is 0 Å². The number of hydrogen-bond donors (Lipinski definition) is 1. The van der Waals surface area contributed by atoms with Crippen molar-refractivity contribution >= 4 is 27.3 Å². The number of nitrogens with one attached hydrogen (secondary N) is 1. The van der Waals surface area contributed by atoms with Gasteiger partial charge in [0.15, 0.2) is 0 Å². The lowest BCUT2D eigenvalue weighted by Crippen LogP contribution is -2.37. The number of carbonyl (C=O) groups is 1. The van der Waals surface area contributed by atoms with Crippen LogP contribution < -0.4 is 9.62 Å². The fourth-order valence-corrected chi connectivity index (χ4v) is 2.95. The van der Waals surface area contributed by atoms with Crippen molar-refractivity contribution in [3.8, 4) is 0 Å². The Bertz CT molecular complexity index is 896. The van der Waals surface area contributed by atoms with Gasteiger partial charge in [-0.3, -0.25) is 9.10 Å². The maximum Gasteiger partial charge on any atom is 0.416 e. The minimum Gasteiger partial charge on any atom is -0.325 e. The van der Waals surface area contributed by atoms with E-state index < -0.39 is 40.0 Å². The van der Waals surface area contributed by atoms with Crippen LogP contribution in [0.3, 0.4) is 0 Å². The molecule has 0 radical (unpaired) electrons. The van der Waals surface area contributed by atoms with E-state index in [1.54, 1.807) is 0 Å². The van der Waals surface area contributed by atoms with E-state index in [0.29, 0.717) is 4.31 Å². The van der Waals surface area contributed by atoms with E-state index in [0.717, 1.165) is 42.7 Å². The van der Waals surface area contributed by atoms with Crippen molar-refractivity contribution in [1.29, 1.82) is 0 Å². The van der Waals surface area contributed by atoms with Crippen LogP contribution >= 0.6 is 0 Å². The number of amides is 1. The first-order valence-corrected chi connectivity index (χ1v) is 9.02. The van der Waals surface area contributed by atoms with Gasteiger partial charge in [0.25, 0.3) is 0 Å². The van der Waals surface area contributed by atoms with Gasteiger partial charge in [0.05, 0.1) is 17.5 Å². The molecule has 2 aromatic rings. The van der Waals surface area contributed by atoms with Gasteiger partial charge < -0.3 is 5.32 Å². The lowest BCUT2D eigenvalue weighted by atomic mass is 10.2. The van der Waals surface area contributed by atoms with Crippen molar-refractivity contribution in [1.82, 2.24) is 0 Å². The van der Waals surface area contributed by atoms with Crippen LogP contribution in [-0.2, 0) is 21.0 Å². The number of alkyl halides is 3. The molecule has 0 heterocycles. The highest BCUT2D eigenvalue weighted by Gasteiger charge is 2.30. The first-order valence-electron chi connectivity index (χ1n) is 7.17. The second kappa shape index (κ2) is 7.32. The summed E-state index contributed by atoms with van der Waals surface area (Å²) < 4.78 is 75.3. The average molecular weight is 390 g/mol. The molecule has 0 aliphatic heterocycles. The molecule has 0 fully saturated rings. The predicted molar refractivity (Wildman–Crippen MR) is 88.7 cm³/mol. The normalized spacial score (nSPS) is 11.9. The van der Waals surface area contributed by atoms with E-state index in [1.165, 1.54) is 12.1 Å². The highest BCUT2D eigenvalue weighted by molar-refractivity contribution is 7.92. The molecule has 0 spiro atoms. The molecule has 0 aliphatic carbocycles. The molecule has 26 heavy (non-hydrogen) atoms. The molecule has 0 aromatic heterocycles. The lowest BCUT2D eigenvalue weighted by Gasteiger charge is -2.22. The summed E-state index contributed by atoms with van der Waals surface area (Å²) in [6, 6.07) is 8.35. The molecular formula is C16H14F4N2O3S. The van der Waals surface area contributed by atoms with Gasteiger partial charge in [0, 0.05) is 5.69 Å². The van der Waals surface area contributed by atoms with Crippen molar-refractivity contribution in [2.75, 3.05) is 22.4 Å². The average Bonchev–Trinajstić information content (AvgIpc) is 2.51. The third-order valence-electron chi connectivity index (χ3n) is 3.28. The van der Waals surface area contributed by atoms with Crippen LogP contribution in [-0.4, -0.2) is 27.1 Å². The third-order valence-corrected chi connectivity index (χ3v) is 4.42. The Morgan fingerprint density at radius 3 is 2.23 bits per heavy atom. The van der Waals surface area contributed by atoms with Gasteiger partial charge in [0.1, 0.15) is 12.4 Å². The topological polar surface area (TPSA) is 66.5 Å². The molecule has 1 amide bonds. The molecular weight excluding hydrogens is 376 g/mol. The number of benzene rings is 2. The Hall–Kier alpha value is -2.62. The quantitative estimate of drug-likeness (QED) is 0.797. The van der Waals surface area contributed by atoms with Crippen molar-refractivity contribution in [3.63, 3.8) is 0 Å². The lowest BCUT2D eigenvalue weighted by molar-refractivity contribution is -0.137. The molecule has 140 valence electrons. The fourth-order valence-electron chi connectivity index (χ4n) is 2.10.